The van der Waals surface area contributed by atoms with Crippen LogP contribution in [0.2, 0.25) is 0 Å². The Morgan fingerprint density at radius 1 is 0.667 bits per heavy atom. The van der Waals surface area contributed by atoms with Gasteiger partial charge in [0.15, 0.2) is 0 Å². The highest BCUT2D eigenvalue weighted by atomic mass is 16.8. The molecule has 194 valence electrons. The van der Waals surface area contributed by atoms with Gasteiger partial charge in [0.2, 0.25) is 0 Å². The zero-order chi connectivity index (χ0) is 24.5. The van der Waals surface area contributed by atoms with Gasteiger partial charge >= 0.3 is 12.3 Å². The lowest BCUT2D eigenvalue weighted by molar-refractivity contribution is -0.0788. The first-order chi connectivity index (χ1) is 15.8. The van der Waals surface area contributed by atoms with E-state index in [1.807, 2.05) is 0 Å². The van der Waals surface area contributed by atoms with E-state index in [0.29, 0.717) is 32.0 Å². The maximum atomic E-state index is 12.2. The minimum atomic E-state index is -0.667. The Morgan fingerprint density at radius 3 is 1.61 bits per heavy atom. The van der Waals surface area contributed by atoms with Crippen LogP contribution in [0.3, 0.4) is 0 Å². The molecule has 0 aromatic rings. The van der Waals surface area contributed by atoms with Crippen LogP contribution in [-0.4, -0.2) is 37.7 Å². The predicted octanol–water partition coefficient (Wildman–Crippen LogP) is 8.06. The largest absolute Gasteiger partial charge is 0.508 e. The SMILES string of the molecule is CC(C)CCCCCCOC(=O)OC1CCC(C)CC1OC(=O)OCCCCCCC(C)C. The minimum absolute atomic E-state index is 0.369. The number of carbonyl (C=O) groups excluding carboxylic acids is 2. The molecule has 0 N–H and O–H groups in total. The Kier molecular flexibility index (Phi) is 16.1. The van der Waals surface area contributed by atoms with Crippen molar-refractivity contribution < 1.29 is 28.5 Å². The molecule has 6 nitrogen and oxygen atoms in total. The Labute approximate surface area is 202 Å². The Bertz CT molecular complexity index is 519. The average molecular weight is 471 g/mol. The van der Waals surface area contributed by atoms with Gasteiger partial charge in [-0.2, -0.15) is 0 Å². The molecule has 1 aliphatic carbocycles. The summed E-state index contributed by atoms with van der Waals surface area (Å²) in [7, 11) is 0. The van der Waals surface area contributed by atoms with E-state index >= 15 is 0 Å². The summed E-state index contributed by atoms with van der Waals surface area (Å²) in [5.41, 5.74) is 0. The third kappa shape index (κ3) is 15.9. The Balaban J connectivity index is 2.23. The van der Waals surface area contributed by atoms with Crippen LogP contribution in [-0.2, 0) is 18.9 Å². The molecule has 6 heteroatoms. The first kappa shape index (κ1) is 29.6. The molecule has 1 fully saturated rings. The lowest BCUT2D eigenvalue weighted by atomic mass is 9.86. The van der Waals surface area contributed by atoms with Crippen LogP contribution in [0.25, 0.3) is 0 Å². The number of carbonyl (C=O) groups is 2. The van der Waals surface area contributed by atoms with Gasteiger partial charge < -0.3 is 18.9 Å². The zero-order valence-electron chi connectivity index (χ0n) is 21.9. The molecular formula is C27H50O6. The monoisotopic (exact) mass is 470 g/mol. The number of unbranched alkanes of at least 4 members (excludes halogenated alkanes) is 6. The summed E-state index contributed by atoms with van der Waals surface area (Å²) in [6.45, 7) is 11.8. The summed E-state index contributed by atoms with van der Waals surface area (Å²) in [5.74, 6) is 1.88. The predicted molar refractivity (Wildman–Crippen MR) is 131 cm³/mol. The first-order valence-electron chi connectivity index (χ1n) is 13.4. The van der Waals surface area contributed by atoms with Crippen LogP contribution < -0.4 is 0 Å². The van der Waals surface area contributed by atoms with Gasteiger partial charge in [-0.3, -0.25) is 0 Å². The highest BCUT2D eigenvalue weighted by molar-refractivity contribution is 5.61. The molecule has 0 aromatic carbocycles. The number of hydrogen-bond acceptors (Lipinski definition) is 6. The van der Waals surface area contributed by atoms with E-state index in [4.69, 9.17) is 18.9 Å². The average Bonchev–Trinajstić information content (AvgIpc) is 2.74. The van der Waals surface area contributed by atoms with Gasteiger partial charge in [0.25, 0.3) is 0 Å². The van der Waals surface area contributed by atoms with Crippen molar-refractivity contribution in [1.82, 2.24) is 0 Å². The van der Waals surface area contributed by atoms with Gasteiger partial charge in [0, 0.05) is 0 Å². The molecule has 1 saturated carbocycles. The quantitative estimate of drug-likeness (QED) is 0.168. The Morgan fingerprint density at radius 2 is 1.12 bits per heavy atom. The molecule has 0 spiro atoms. The van der Waals surface area contributed by atoms with E-state index in [1.165, 1.54) is 25.7 Å². The van der Waals surface area contributed by atoms with Crippen molar-refractivity contribution in [1.29, 1.82) is 0 Å². The minimum Gasteiger partial charge on any atom is -0.434 e. The third-order valence-corrected chi connectivity index (χ3v) is 6.28. The molecule has 0 saturated heterocycles. The molecule has 0 heterocycles. The van der Waals surface area contributed by atoms with Gasteiger partial charge in [0.1, 0.15) is 12.2 Å². The highest BCUT2D eigenvalue weighted by Crippen LogP contribution is 2.29. The van der Waals surface area contributed by atoms with Crippen molar-refractivity contribution >= 4 is 12.3 Å². The lowest BCUT2D eigenvalue weighted by Gasteiger charge is -2.33. The van der Waals surface area contributed by atoms with E-state index in [-0.39, 0.29) is 0 Å². The van der Waals surface area contributed by atoms with E-state index < -0.39 is 24.5 Å². The van der Waals surface area contributed by atoms with Crippen molar-refractivity contribution in [3.05, 3.63) is 0 Å². The molecule has 0 radical (unpaired) electrons. The zero-order valence-corrected chi connectivity index (χ0v) is 21.9. The summed E-state index contributed by atoms with van der Waals surface area (Å²) >= 11 is 0. The summed E-state index contributed by atoms with van der Waals surface area (Å²) in [4.78, 5) is 24.3. The van der Waals surface area contributed by atoms with E-state index in [1.54, 1.807) is 0 Å². The van der Waals surface area contributed by atoms with Gasteiger partial charge in [-0.1, -0.05) is 86.0 Å². The summed E-state index contributed by atoms with van der Waals surface area (Å²) < 4.78 is 21.5. The fourth-order valence-corrected chi connectivity index (χ4v) is 4.20. The van der Waals surface area contributed by atoms with Crippen molar-refractivity contribution in [2.45, 2.75) is 130 Å². The first-order valence-corrected chi connectivity index (χ1v) is 13.4. The second kappa shape index (κ2) is 17.9. The summed E-state index contributed by atoms with van der Waals surface area (Å²) in [6, 6.07) is 0. The fourth-order valence-electron chi connectivity index (χ4n) is 4.20. The lowest BCUT2D eigenvalue weighted by Crippen LogP contribution is -2.40. The molecule has 0 aromatic heterocycles. The molecule has 0 aliphatic heterocycles. The second-order valence-corrected chi connectivity index (χ2v) is 10.6. The fraction of sp³-hybridized carbons (Fsp3) is 0.926. The second-order valence-electron chi connectivity index (χ2n) is 10.6. The van der Waals surface area contributed by atoms with Crippen molar-refractivity contribution in [3.8, 4) is 0 Å². The summed E-state index contributed by atoms with van der Waals surface area (Å²) in [6.07, 6.45) is 11.0. The molecule has 1 rings (SSSR count). The van der Waals surface area contributed by atoms with Crippen LogP contribution >= 0.6 is 0 Å². The smallest absolute Gasteiger partial charge is 0.434 e. The number of ether oxygens (including phenoxy) is 4. The number of hydrogen-bond donors (Lipinski definition) is 0. The molecule has 3 atom stereocenters. The van der Waals surface area contributed by atoms with E-state index in [2.05, 4.69) is 34.6 Å². The van der Waals surface area contributed by atoms with Crippen LogP contribution in [0.1, 0.15) is 118 Å². The van der Waals surface area contributed by atoms with Gasteiger partial charge in [-0.25, -0.2) is 9.59 Å². The molecule has 33 heavy (non-hydrogen) atoms. The van der Waals surface area contributed by atoms with Crippen LogP contribution in [0.15, 0.2) is 0 Å². The standard InChI is InChI=1S/C27H50O6/c1-21(2)14-10-6-8-12-18-30-26(28)32-24-17-16-23(5)20-25(24)33-27(29)31-19-13-9-7-11-15-22(3)4/h21-25H,6-20H2,1-5H3. The molecule has 1 aliphatic rings. The van der Waals surface area contributed by atoms with Crippen molar-refractivity contribution in [2.75, 3.05) is 13.2 Å². The molecule has 3 unspecified atom stereocenters. The van der Waals surface area contributed by atoms with Gasteiger partial charge in [0.05, 0.1) is 13.2 Å². The van der Waals surface area contributed by atoms with Crippen LogP contribution in [0, 0.1) is 17.8 Å². The van der Waals surface area contributed by atoms with E-state index in [0.717, 1.165) is 56.8 Å². The molecule has 0 bridgehead atoms. The number of rotatable bonds is 16. The van der Waals surface area contributed by atoms with Crippen LogP contribution in [0.4, 0.5) is 9.59 Å². The maximum absolute atomic E-state index is 12.2. The highest BCUT2D eigenvalue weighted by Gasteiger charge is 2.35. The van der Waals surface area contributed by atoms with E-state index in [9.17, 15) is 9.59 Å². The summed E-state index contributed by atoms with van der Waals surface area (Å²) in [5, 5.41) is 0. The molecular weight excluding hydrogens is 420 g/mol. The van der Waals surface area contributed by atoms with Gasteiger partial charge in [-0.05, 0) is 49.9 Å². The topological polar surface area (TPSA) is 71.1 Å². The molecule has 0 amide bonds. The third-order valence-electron chi connectivity index (χ3n) is 6.28. The van der Waals surface area contributed by atoms with Gasteiger partial charge in [-0.15, -0.1) is 0 Å². The van der Waals surface area contributed by atoms with Crippen molar-refractivity contribution in [2.24, 2.45) is 17.8 Å². The Hall–Kier alpha value is -1.46. The van der Waals surface area contributed by atoms with Crippen LogP contribution in [0.5, 0.6) is 0 Å². The maximum Gasteiger partial charge on any atom is 0.508 e. The van der Waals surface area contributed by atoms with Crippen molar-refractivity contribution in [3.63, 3.8) is 0 Å². The normalized spacial score (nSPS) is 20.6.